The van der Waals surface area contributed by atoms with Gasteiger partial charge in [-0.05, 0) is 54.1 Å². The van der Waals surface area contributed by atoms with Crippen LogP contribution in [0.3, 0.4) is 0 Å². The van der Waals surface area contributed by atoms with Gasteiger partial charge in [-0.3, -0.25) is 9.69 Å². The molecule has 0 saturated carbocycles. The standard InChI is InChI=1S/C19H27N7O2S/c1-25-19(22-23-24-25)29-15-17(27)20-8-3-6-12-28-18-13-16(7-9-21-18)14-26-10-4-2-5-11-26/h3,6-7,9,13H,2,4-5,8,10-12,14-15H2,1H3,(H,20,27)/b6-3-. The molecule has 0 aromatic carbocycles. The first-order valence-electron chi connectivity index (χ1n) is 9.77. The van der Waals surface area contributed by atoms with E-state index in [-0.39, 0.29) is 11.7 Å². The van der Waals surface area contributed by atoms with E-state index >= 15 is 0 Å². The summed E-state index contributed by atoms with van der Waals surface area (Å²) < 4.78 is 7.23. The number of pyridine rings is 1. The average molecular weight is 418 g/mol. The van der Waals surface area contributed by atoms with Gasteiger partial charge >= 0.3 is 0 Å². The van der Waals surface area contributed by atoms with E-state index < -0.39 is 0 Å². The predicted octanol–water partition coefficient (Wildman–Crippen LogP) is 1.43. The number of ether oxygens (including phenoxy) is 1. The van der Waals surface area contributed by atoms with E-state index in [1.54, 1.807) is 13.2 Å². The Labute approximate surface area is 174 Å². The van der Waals surface area contributed by atoms with Gasteiger partial charge in [0.25, 0.3) is 0 Å². The van der Waals surface area contributed by atoms with Crippen molar-refractivity contribution in [3.05, 3.63) is 36.0 Å². The van der Waals surface area contributed by atoms with Gasteiger partial charge in [-0.25, -0.2) is 9.67 Å². The fourth-order valence-corrected chi connectivity index (χ4v) is 3.67. The van der Waals surface area contributed by atoms with Gasteiger partial charge < -0.3 is 10.1 Å². The lowest BCUT2D eigenvalue weighted by molar-refractivity contribution is -0.118. The minimum Gasteiger partial charge on any atom is -0.473 e. The SMILES string of the molecule is Cn1nnnc1SCC(=O)NC/C=C\COc1cc(CN2CCCCC2)ccn1. The third-order valence-corrected chi connectivity index (χ3v) is 5.49. The lowest BCUT2D eigenvalue weighted by atomic mass is 10.1. The molecule has 0 spiro atoms. The second-order valence-electron chi connectivity index (χ2n) is 6.80. The van der Waals surface area contributed by atoms with Gasteiger partial charge in [0.05, 0.1) is 5.75 Å². The van der Waals surface area contributed by atoms with Crippen molar-refractivity contribution in [2.75, 3.05) is 32.0 Å². The average Bonchev–Trinajstić information content (AvgIpc) is 3.15. The molecular weight excluding hydrogens is 390 g/mol. The van der Waals surface area contributed by atoms with Crippen LogP contribution in [0.4, 0.5) is 0 Å². The summed E-state index contributed by atoms with van der Waals surface area (Å²) in [5.74, 6) is 0.823. The highest BCUT2D eigenvalue weighted by Crippen LogP contribution is 2.15. The van der Waals surface area contributed by atoms with E-state index in [1.807, 2.05) is 24.3 Å². The van der Waals surface area contributed by atoms with Gasteiger partial charge in [-0.2, -0.15) is 0 Å². The Hall–Kier alpha value is -2.46. The smallest absolute Gasteiger partial charge is 0.230 e. The van der Waals surface area contributed by atoms with E-state index in [0.717, 1.165) is 6.54 Å². The van der Waals surface area contributed by atoms with Crippen molar-refractivity contribution in [3.63, 3.8) is 0 Å². The summed E-state index contributed by atoms with van der Waals surface area (Å²) in [5, 5.41) is 14.5. The third-order valence-electron chi connectivity index (χ3n) is 4.48. The maximum atomic E-state index is 11.8. The molecule has 1 N–H and O–H groups in total. The number of aryl methyl sites for hydroxylation is 1. The van der Waals surface area contributed by atoms with Gasteiger partial charge in [0.2, 0.25) is 16.9 Å². The Morgan fingerprint density at radius 2 is 2.17 bits per heavy atom. The number of piperidine rings is 1. The second-order valence-corrected chi connectivity index (χ2v) is 7.74. The molecule has 0 unspecified atom stereocenters. The number of thioether (sulfide) groups is 1. The Morgan fingerprint density at radius 3 is 2.97 bits per heavy atom. The third kappa shape index (κ3) is 7.47. The highest BCUT2D eigenvalue weighted by molar-refractivity contribution is 7.99. The number of aromatic nitrogens is 5. The number of tetrazole rings is 1. The summed E-state index contributed by atoms with van der Waals surface area (Å²) in [6, 6.07) is 4.05. The van der Waals surface area contributed by atoms with Crippen LogP contribution < -0.4 is 10.1 Å². The summed E-state index contributed by atoms with van der Waals surface area (Å²) in [6.45, 7) is 4.14. The number of rotatable bonds is 10. The summed E-state index contributed by atoms with van der Waals surface area (Å²) in [7, 11) is 1.74. The lowest BCUT2D eigenvalue weighted by Gasteiger charge is -2.26. The van der Waals surface area contributed by atoms with Crippen molar-refractivity contribution in [2.24, 2.45) is 7.05 Å². The number of hydrogen-bond donors (Lipinski definition) is 1. The van der Waals surface area contributed by atoms with E-state index in [2.05, 4.69) is 30.7 Å². The van der Waals surface area contributed by atoms with Crippen LogP contribution in [0.25, 0.3) is 0 Å². The summed E-state index contributed by atoms with van der Waals surface area (Å²) in [4.78, 5) is 18.6. The molecule has 1 amide bonds. The monoisotopic (exact) mass is 417 g/mol. The zero-order chi connectivity index (χ0) is 20.3. The number of hydrogen-bond acceptors (Lipinski definition) is 8. The second kappa shape index (κ2) is 11.5. The number of carbonyl (C=O) groups is 1. The van der Waals surface area contributed by atoms with Gasteiger partial charge in [-0.15, -0.1) is 5.10 Å². The fraction of sp³-hybridized carbons (Fsp3) is 0.526. The molecule has 0 radical (unpaired) electrons. The van der Waals surface area contributed by atoms with Crippen LogP contribution in [-0.4, -0.2) is 68.0 Å². The molecule has 1 saturated heterocycles. The minimum absolute atomic E-state index is 0.0735. The summed E-state index contributed by atoms with van der Waals surface area (Å²) in [5.41, 5.74) is 1.23. The zero-order valence-electron chi connectivity index (χ0n) is 16.7. The molecule has 3 rings (SSSR count). The van der Waals surface area contributed by atoms with Crippen molar-refractivity contribution >= 4 is 17.7 Å². The van der Waals surface area contributed by atoms with Crippen molar-refractivity contribution in [1.82, 2.24) is 35.4 Å². The maximum absolute atomic E-state index is 11.8. The van der Waals surface area contributed by atoms with Crippen LogP contribution in [0, 0.1) is 0 Å². The highest BCUT2D eigenvalue weighted by atomic mass is 32.2. The highest BCUT2D eigenvalue weighted by Gasteiger charge is 2.11. The number of likely N-dealkylation sites (tertiary alicyclic amines) is 1. The van der Waals surface area contributed by atoms with Crippen LogP contribution in [0.15, 0.2) is 35.6 Å². The van der Waals surface area contributed by atoms with Crippen molar-refractivity contribution < 1.29 is 9.53 Å². The summed E-state index contributed by atoms with van der Waals surface area (Å²) >= 11 is 1.30. The first kappa shape index (κ1) is 21.3. The van der Waals surface area contributed by atoms with E-state index in [9.17, 15) is 4.79 Å². The molecule has 9 nitrogen and oxygen atoms in total. The number of nitrogens with zero attached hydrogens (tertiary/aromatic N) is 6. The first-order valence-corrected chi connectivity index (χ1v) is 10.8. The van der Waals surface area contributed by atoms with Gasteiger partial charge in [0.15, 0.2) is 0 Å². The van der Waals surface area contributed by atoms with Crippen LogP contribution in [-0.2, 0) is 18.4 Å². The Balaban J connectivity index is 1.31. The Bertz CT molecular complexity index is 805. The van der Waals surface area contributed by atoms with Crippen molar-refractivity contribution in [1.29, 1.82) is 0 Å². The van der Waals surface area contributed by atoms with E-state index in [1.165, 1.54) is 54.4 Å². The predicted molar refractivity (Wildman–Crippen MR) is 111 cm³/mol. The molecule has 156 valence electrons. The normalized spacial score (nSPS) is 14.9. The van der Waals surface area contributed by atoms with Crippen LogP contribution in [0.2, 0.25) is 0 Å². The van der Waals surface area contributed by atoms with E-state index in [4.69, 9.17) is 4.74 Å². The molecule has 1 fully saturated rings. The molecule has 2 aromatic rings. The number of amides is 1. The topological polar surface area (TPSA) is 98.1 Å². The van der Waals surface area contributed by atoms with Crippen LogP contribution in [0.5, 0.6) is 5.88 Å². The molecule has 0 aliphatic carbocycles. The van der Waals surface area contributed by atoms with Gasteiger partial charge in [0, 0.05) is 32.4 Å². The van der Waals surface area contributed by atoms with Crippen LogP contribution in [0.1, 0.15) is 24.8 Å². The molecule has 3 heterocycles. The molecule has 10 heteroatoms. The first-order chi connectivity index (χ1) is 14.2. The number of nitrogens with one attached hydrogen (secondary N) is 1. The van der Waals surface area contributed by atoms with Crippen molar-refractivity contribution in [3.8, 4) is 5.88 Å². The largest absolute Gasteiger partial charge is 0.473 e. The van der Waals surface area contributed by atoms with Crippen LogP contribution >= 0.6 is 11.8 Å². The fourth-order valence-electron chi connectivity index (χ4n) is 2.99. The van der Waals surface area contributed by atoms with Gasteiger partial charge in [-0.1, -0.05) is 24.3 Å². The van der Waals surface area contributed by atoms with Crippen molar-refractivity contribution in [2.45, 2.75) is 31.0 Å². The van der Waals surface area contributed by atoms with Gasteiger partial charge in [0.1, 0.15) is 6.61 Å². The molecule has 1 aliphatic heterocycles. The molecule has 1 aliphatic rings. The molecular formula is C19H27N7O2S. The molecule has 2 aromatic heterocycles. The molecule has 0 atom stereocenters. The Morgan fingerprint density at radius 1 is 1.31 bits per heavy atom. The number of carbonyl (C=O) groups excluding carboxylic acids is 1. The van der Waals surface area contributed by atoms with E-state index in [0.29, 0.717) is 24.2 Å². The quantitative estimate of drug-likeness (QED) is 0.458. The lowest BCUT2D eigenvalue weighted by Crippen LogP contribution is -2.29. The zero-order valence-corrected chi connectivity index (χ0v) is 17.5. The Kier molecular flexibility index (Phi) is 8.44. The minimum atomic E-state index is -0.0735. The molecule has 29 heavy (non-hydrogen) atoms. The summed E-state index contributed by atoms with van der Waals surface area (Å²) in [6.07, 6.45) is 9.44. The molecule has 0 bridgehead atoms. The maximum Gasteiger partial charge on any atom is 0.230 e.